The number of ether oxygens (including phenoxy) is 4. The predicted molar refractivity (Wildman–Crippen MR) is 160 cm³/mol. The van der Waals surface area contributed by atoms with Crippen LogP contribution in [0, 0.1) is 0 Å². The van der Waals surface area contributed by atoms with Crippen molar-refractivity contribution in [3.05, 3.63) is 66.2 Å². The second-order valence-corrected chi connectivity index (χ2v) is 9.81. The maximum Gasteiger partial charge on any atom is 0.161 e. The van der Waals surface area contributed by atoms with Crippen molar-refractivity contribution in [1.29, 1.82) is 0 Å². The molecule has 0 amide bonds. The van der Waals surface area contributed by atoms with Gasteiger partial charge in [-0.1, -0.05) is 30.3 Å². The van der Waals surface area contributed by atoms with Crippen LogP contribution in [0.5, 0.6) is 28.7 Å². The average Bonchev–Trinajstić information content (AvgIpc) is 3.29. The summed E-state index contributed by atoms with van der Waals surface area (Å²) in [5.41, 5.74) is 6.59. The lowest BCUT2D eigenvalue weighted by molar-refractivity contribution is 0.287. The molecule has 0 unspecified atom stereocenters. The fourth-order valence-corrected chi connectivity index (χ4v) is 6.00. The Morgan fingerprint density at radius 3 is 2.00 bits per heavy atom. The first-order valence-electron chi connectivity index (χ1n) is 14.2. The number of aromatic nitrogens is 1. The zero-order valence-corrected chi connectivity index (χ0v) is 23.5. The smallest absolute Gasteiger partial charge is 0.161 e. The van der Waals surface area contributed by atoms with Crippen LogP contribution in [-0.4, -0.2) is 36.1 Å². The summed E-state index contributed by atoms with van der Waals surface area (Å²) in [6.45, 7) is 10.9. The van der Waals surface area contributed by atoms with E-state index in [9.17, 15) is 5.11 Å². The van der Waals surface area contributed by atoms with Crippen molar-refractivity contribution in [2.24, 2.45) is 0 Å². The fourth-order valence-electron chi connectivity index (χ4n) is 6.00. The Morgan fingerprint density at radius 2 is 1.30 bits per heavy atom. The van der Waals surface area contributed by atoms with Crippen molar-refractivity contribution in [3.63, 3.8) is 0 Å². The van der Waals surface area contributed by atoms with E-state index >= 15 is 0 Å². The van der Waals surface area contributed by atoms with E-state index in [2.05, 4.69) is 34.9 Å². The van der Waals surface area contributed by atoms with E-state index in [1.165, 1.54) is 5.56 Å². The molecule has 1 N–H and O–H groups in total. The van der Waals surface area contributed by atoms with E-state index < -0.39 is 0 Å². The van der Waals surface area contributed by atoms with E-state index in [0.29, 0.717) is 32.2 Å². The zero-order valence-electron chi connectivity index (χ0n) is 23.5. The number of benzene rings is 4. The largest absolute Gasteiger partial charge is 0.507 e. The third-order valence-corrected chi connectivity index (χ3v) is 7.50. The number of nitrogens with zero attached hydrogens (tertiary/aromatic N) is 1. The van der Waals surface area contributed by atoms with Crippen LogP contribution in [0.2, 0.25) is 0 Å². The van der Waals surface area contributed by atoms with Gasteiger partial charge in [-0.15, -0.1) is 0 Å². The molecule has 1 aliphatic heterocycles. The highest BCUT2D eigenvalue weighted by atomic mass is 16.5. The molecule has 0 bridgehead atoms. The van der Waals surface area contributed by atoms with E-state index in [0.717, 1.165) is 74.3 Å². The molecule has 6 rings (SSSR count). The van der Waals surface area contributed by atoms with Crippen LogP contribution in [-0.2, 0) is 13.0 Å². The first-order chi connectivity index (χ1) is 19.6. The van der Waals surface area contributed by atoms with Crippen LogP contribution in [0.25, 0.3) is 44.1 Å². The first kappa shape index (κ1) is 25.9. The van der Waals surface area contributed by atoms with Gasteiger partial charge in [-0.05, 0) is 75.6 Å². The molecule has 0 radical (unpaired) electrons. The Kier molecular flexibility index (Phi) is 6.93. The monoisotopic (exact) mass is 537 g/mol. The van der Waals surface area contributed by atoms with Crippen LogP contribution in [0.4, 0.5) is 0 Å². The molecule has 0 spiro atoms. The van der Waals surface area contributed by atoms with Gasteiger partial charge in [0.05, 0.1) is 37.6 Å². The van der Waals surface area contributed by atoms with Gasteiger partial charge in [0.1, 0.15) is 5.75 Å². The zero-order chi connectivity index (χ0) is 27.8. The van der Waals surface area contributed by atoms with Crippen molar-refractivity contribution in [2.75, 3.05) is 26.4 Å². The molecule has 0 fully saturated rings. The highest BCUT2D eigenvalue weighted by Crippen LogP contribution is 2.50. The number of hydrogen-bond donors (Lipinski definition) is 1. The van der Waals surface area contributed by atoms with E-state index in [1.807, 2.05) is 58.0 Å². The van der Waals surface area contributed by atoms with Gasteiger partial charge in [-0.3, -0.25) is 0 Å². The molecule has 4 aromatic carbocycles. The van der Waals surface area contributed by atoms with E-state index in [1.54, 1.807) is 0 Å². The molecule has 0 atom stereocenters. The Morgan fingerprint density at radius 1 is 0.675 bits per heavy atom. The van der Waals surface area contributed by atoms with Crippen LogP contribution in [0.3, 0.4) is 0 Å². The van der Waals surface area contributed by atoms with Gasteiger partial charge in [0.2, 0.25) is 0 Å². The summed E-state index contributed by atoms with van der Waals surface area (Å²) in [5, 5.41) is 14.0. The summed E-state index contributed by atoms with van der Waals surface area (Å²) in [7, 11) is 0. The standard InChI is InChI=1S/C34H35NO5/c1-5-37-28-14-13-22(18-29(28)38-6-2)32-26-19-27(36)23-11-9-10-12-24(23)33(26)35-16-15-21-17-30(39-7-3)31(40-8-4)20-25(21)34(32)35/h9-14,17-20,36H,5-8,15-16H2,1-4H3. The molecule has 206 valence electrons. The van der Waals surface area contributed by atoms with Crippen LogP contribution >= 0.6 is 0 Å². The highest BCUT2D eigenvalue weighted by Gasteiger charge is 2.29. The van der Waals surface area contributed by atoms with Crippen molar-refractivity contribution in [1.82, 2.24) is 4.57 Å². The molecule has 6 heteroatoms. The number of hydrogen-bond acceptors (Lipinski definition) is 5. The molecule has 40 heavy (non-hydrogen) atoms. The molecule has 2 heterocycles. The molecule has 1 aliphatic rings. The number of rotatable bonds is 9. The molecule has 0 aliphatic carbocycles. The predicted octanol–water partition coefficient (Wildman–Crippen LogP) is 7.99. The molecule has 0 saturated carbocycles. The summed E-state index contributed by atoms with van der Waals surface area (Å²) in [6, 6.07) is 20.4. The summed E-state index contributed by atoms with van der Waals surface area (Å²) in [4.78, 5) is 0. The Balaban J connectivity index is 1.71. The van der Waals surface area contributed by atoms with Gasteiger partial charge in [0.25, 0.3) is 0 Å². The van der Waals surface area contributed by atoms with Gasteiger partial charge < -0.3 is 28.6 Å². The summed E-state index contributed by atoms with van der Waals surface area (Å²) in [6.07, 6.45) is 0.862. The number of fused-ring (bicyclic) bond motifs is 7. The van der Waals surface area contributed by atoms with E-state index in [-0.39, 0.29) is 5.75 Å². The van der Waals surface area contributed by atoms with Gasteiger partial charge in [0, 0.05) is 33.8 Å². The lowest BCUT2D eigenvalue weighted by Crippen LogP contribution is -2.12. The molecule has 1 aromatic heterocycles. The van der Waals surface area contributed by atoms with Gasteiger partial charge in [-0.2, -0.15) is 0 Å². The maximum atomic E-state index is 11.2. The molecular formula is C34H35NO5. The van der Waals surface area contributed by atoms with E-state index in [4.69, 9.17) is 18.9 Å². The minimum absolute atomic E-state index is 0.269. The fraction of sp³-hybridized carbons (Fsp3) is 0.294. The summed E-state index contributed by atoms with van der Waals surface area (Å²) < 4.78 is 26.3. The number of aryl methyl sites for hydroxylation is 2. The number of phenolic OH excluding ortho intramolecular Hbond substituents is 1. The molecule has 6 nitrogen and oxygen atoms in total. The van der Waals surface area contributed by atoms with Crippen molar-refractivity contribution in [3.8, 4) is 51.1 Å². The van der Waals surface area contributed by atoms with Gasteiger partial charge in [0.15, 0.2) is 23.0 Å². The second-order valence-electron chi connectivity index (χ2n) is 9.81. The third-order valence-electron chi connectivity index (χ3n) is 7.50. The van der Waals surface area contributed by atoms with Gasteiger partial charge >= 0.3 is 0 Å². The SMILES string of the molecule is CCOc1ccc(-c2c3n(c4c2cc(O)c2ccccc24)CCc2cc(OCC)c(OCC)cc2-3)cc1OCC. The quantitative estimate of drug-likeness (QED) is 0.206. The minimum Gasteiger partial charge on any atom is -0.507 e. The van der Waals surface area contributed by atoms with Crippen LogP contribution in [0.1, 0.15) is 33.3 Å². The van der Waals surface area contributed by atoms with Gasteiger partial charge in [-0.25, -0.2) is 0 Å². The first-order valence-corrected chi connectivity index (χ1v) is 14.2. The third kappa shape index (κ3) is 4.19. The Hall–Kier alpha value is -4.32. The Bertz CT molecular complexity index is 1720. The topological polar surface area (TPSA) is 62.1 Å². The lowest BCUT2D eigenvalue weighted by Gasteiger charge is -2.24. The normalized spacial score (nSPS) is 12.3. The van der Waals surface area contributed by atoms with Crippen molar-refractivity contribution in [2.45, 2.75) is 40.7 Å². The summed E-state index contributed by atoms with van der Waals surface area (Å²) >= 11 is 0. The minimum atomic E-state index is 0.269. The number of aromatic hydroxyl groups is 1. The second kappa shape index (κ2) is 10.7. The Labute approximate surface area is 234 Å². The van der Waals surface area contributed by atoms with Crippen LogP contribution < -0.4 is 18.9 Å². The van der Waals surface area contributed by atoms with Crippen LogP contribution in [0.15, 0.2) is 60.7 Å². The van der Waals surface area contributed by atoms with Crippen molar-refractivity contribution >= 4 is 21.7 Å². The maximum absolute atomic E-state index is 11.2. The molecular weight excluding hydrogens is 502 g/mol. The summed E-state index contributed by atoms with van der Waals surface area (Å²) in [5.74, 6) is 3.21. The molecule has 0 saturated heterocycles. The molecule has 5 aromatic rings. The lowest BCUT2D eigenvalue weighted by atomic mass is 9.92. The average molecular weight is 538 g/mol. The number of phenols is 1. The highest BCUT2D eigenvalue weighted by molar-refractivity contribution is 6.17. The van der Waals surface area contributed by atoms with Crippen molar-refractivity contribution < 1.29 is 24.1 Å².